The minimum Gasteiger partial charge on any atom is -0.462 e. The number of nitrogens with zero attached hydrogens (tertiary/aromatic N) is 2. The smallest absolute Gasteiger partial charge is 0.459 e. The molecule has 1 saturated heterocycles. The molecule has 1 aliphatic heterocycles. The van der Waals surface area contributed by atoms with Crippen molar-refractivity contribution >= 4 is 31.1 Å². The second-order valence-corrected chi connectivity index (χ2v) is 11.4. The number of nitrogens with one attached hydrogen (secondary N) is 1. The van der Waals surface area contributed by atoms with E-state index < -0.39 is 67.9 Å². The monoisotopic (exact) mass is 582 g/mol. The molecule has 1 aliphatic rings. The first kappa shape index (κ1) is 30.6. The Morgan fingerprint density at radius 2 is 2.03 bits per heavy atom. The molecule has 0 amide bonds. The van der Waals surface area contributed by atoms with E-state index in [1.807, 2.05) is 0 Å². The van der Waals surface area contributed by atoms with Gasteiger partial charge >= 0.3 is 19.4 Å². The SMILES string of the molecule is CC#CC1(Cl)C(CO)[C@@H](COP(=O)(N[C@@H](C)C(=O)OC(C)C)Oc2ccccc2)O[C@H]1n1ccc(N)nc1=O. The van der Waals surface area contributed by atoms with E-state index in [2.05, 4.69) is 21.9 Å². The molecule has 0 aliphatic carbocycles. The van der Waals surface area contributed by atoms with E-state index in [1.165, 1.54) is 19.2 Å². The minimum absolute atomic E-state index is 0.00442. The minimum atomic E-state index is -4.24. The predicted octanol–water partition coefficient (Wildman–Crippen LogP) is 2.47. The van der Waals surface area contributed by atoms with Gasteiger partial charge in [-0.25, -0.2) is 9.36 Å². The number of alkyl halides is 1. The van der Waals surface area contributed by atoms with Gasteiger partial charge in [-0.2, -0.15) is 10.1 Å². The predicted molar refractivity (Wildman–Crippen MR) is 144 cm³/mol. The lowest BCUT2D eigenvalue weighted by Crippen LogP contribution is -2.42. The molecule has 6 atom stereocenters. The van der Waals surface area contributed by atoms with Gasteiger partial charge in [-0.15, -0.1) is 5.92 Å². The van der Waals surface area contributed by atoms with Gasteiger partial charge in [-0.05, 0) is 45.9 Å². The van der Waals surface area contributed by atoms with Gasteiger partial charge in [0.25, 0.3) is 0 Å². The molecule has 1 aromatic carbocycles. The molecule has 1 aromatic heterocycles. The third-order valence-corrected chi connectivity index (χ3v) is 7.91. The summed E-state index contributed by atoms with van der Waals surface area (Å²) in [5, 5.41) is 12.8. The summed E-state index contributed by atoms with van der Waals surface area (Å²) < 4.78 is 37.6. The first-order valence-electron chi connectivity index (χ1n) is 12.1. The van der Waals surface area contributed by atoms with E-state index >= 15 is 0 Å². The average molecular weight is 583 g/mol. The third kappa shape index (κ3) is 7.39. The number of nitrogen functional groups attached to an aromatic ring is 1. The lowest BCUT2D eigenvalue weighted by molar-refractivity contribution is -0.149. The molecule has 0 spiro atoms. The summed E-state index contributed by atoms with van der Waals surface area (Å²) in [7, 11) is -4.24. The van der Waals surface area contributed by atoms with Crippen molar-refractivity contribution in [3.63, 3.8) is 0 Å². The first-order valence-corrected chi connectivity index (χ1v) is 14.1. The lowest BCUT2D eigenvalue weighted by atomic mass is 9.89. The maximum Gasteiger partial charge on any atom is 0.459 e. The normalized spacial score (nSPS) is 24.8. The molecule has 3 rings (SSSR count). The Labute approximate surface area is 231 Å². The quantitative estimate of drug-likeness (QED) is 0.154. The van der Waals surface area contributed by atoms with Crippen LogP contribution in [0.5, 0.6) is 5.75 Å². The molecule has 3 unspecified atom stereocenters. The Hall–Kier alpha value is -2.91. The van der Waals surface area contributed by atoms with Crippen LogP contribution in [0.25, 0.3) is 0 Å². The van der Waals surface area contributed by atoms with Crippen molar-refractivity contribution in [2.24, 2.45) is 5.92 Å². The molecule has 14 heteroatoms. The molecule has 39 heavy (non-hydrogen) atoms. The fourth-order valence-corrected chi connectivity index (χ4v) is 5.91. The van der Waals surface area contributed by atoms with Crippen LogP contribution in [0.3, 0.4) is 0 Å². The number of ether oxygens (including phenoxy) is 2. The molecule has 12 nitrogen and oxygen atoms in total. The molecular weight excluding hydrogens is 551 g/mol. The molecule has 212 valence electrons. The van der Waals surface area contributed by atoms with Gasteiger partial charge in [-0.3, -0.25) is 13.9 Å². The highest BCUT2D eigenvalue weighted by Gasteiger charge is 2.56. The Morgan fingerprint density at radius 3 is 2.62 bits per heavy atom. The van der Waals surface area contributed by atoms with Crippen LogP contribution in [0, 0.1) is 17.8 Å². The summed E-state index contributed by atoms with van der Waals surface area (Å²) in [5.74, 6) is 4.19. The Kier molecular flexibility index (Phi) is 10.2. The number of carbonyl (C=O) groups excluding carboxylic acids is 1. The standard InChI is InChI=1S/C25H32ClN4O8P/c1-5-12-25(26)19(14-31)20(37-23(25)30-13-11-21(27)28-24(30)33)15-35-39(34,38-18-9-7-6-8-10-18)29-17(4)22(32)36-16(2)3/h6-11,13,16-17,19-20,23,31H,14-15H2,1-4H3,(H,29,34)(H2,27,28,33)/t17-,19?,20+,23+,25?,39?/m0/s1. The van der Waals surface area contributed by atoms with Crippen LogP contribution in [0.4, 0.5) is 5.82 Å². The van der Waals surface area contributed by atoms with Crippen LogP contribution in [0.1, 0.15) is 33.9 Å². The molecular formula is C25H32ClN4O8P. The van der Waals surface area contributed by atoms with Crippen LogP contribution in [-0.4, -0.2) is 57.0 Å². The topological polar surface area (TPSA) is 164 Å². The van der Waals surface area contributed by atoms with Crippen molar-refractivity contribution in [2.75, 3.05) is 18.9 Å². The molecule has 0 bridgehead atoms. The fraction of sp³-hybridized carbons (Fsp3) is 0.480. The highest BCUT2D eigenvalue weighted by Crippen LogP contribution is 2.50. The van der Waals surface area contributed by atoms with Crippen molar-refractivity contribution in [1.82, 2.24) is 14.6 Å². The van der Waals surface area contributed by atoms with Gasteiger partial charge in [0.2, 0.25) is 0 Å². The third-order valence-electron chi connectivity index (χ3n) is 5.70. The summed E-state index contributed by atoms with van der Waals surface area (Å²) >= 11 is 6.89. The second-order valence-electron chi connectivity index (χ2n) is 9.04. The maximum absolute atomic E-state index is 13.8. The second kappa shape index (κ2) is 13.0. The van der Waals surface area contributed by atoms with E-state index in [4.69, 9.17) is 35.9 Å². The van der Waals surface area contributed by atoms with Crippen LogP contribution < -0.4 is 21.0 Å². The summed E-state index contributed by atoms with van der Waals surface area (Å²) in [6, 6.07) is 8.55. The zero-order valence-corrected chi connectivity index (χ0v) is 23.6. The van der Waals surface area contributed by atoms with Crippen molar-refractivity contribution in [3.05, 3.63) is 53.1 Å². The molecule has 4 N–H and O–H groups in total. The summed E-state index contributed by atoms with van der Waals surface area (Å²) in [4.78, 5) is 27.1. The maximum atomic E-state index is 13.8. The van der Waals surface area contributed by atoms with Crippen molar-refractivity contribution < 1.29 is 33.0 Å². The van der Waals surface area contributed by atoms with E-state index in [0.717, 1.165) is 4.57 Å². The van der Waals surface area contributed by atoms with Crippen LogP contribution >= 0.6 is 19.3 Å². The van der Waals surface area contributed by atoms with E-state index in [9.17, 15) is 19.3 Å². The number of aliphatic hydroxyl groups is 1. The highest BCUT2D eigenvalue weighted by molar-refractivity contribution is 7.52. The number of aliphatic hydroxyl groups excluding tert-OH is 1. The van der Waals surface area contributed by atoms with E-state index in [-0.39, 0.29) is 11.6 Å². The molecule has 2 aromatic rings. The van der Waals surface area contributed by atoms with Gasteiger partial charge in [-0.1, -0.05) is 35.7 Å². The molecule has 1 fully saturated rings. The molecule has 0 saturated carbocycles. The zero-order chi connectivity index (χ0) is 28.8. The van der Waals surface area contributed by atoms with E-state index in [1.54, 1.807) is 51.1 Å². The number of rotatable bonds is 11. The Balaban J connectivity index is 1.90. The number of halogens is 1. The Morgan fingerprint density at radius 1 is 1.33 bits per heavy atom. The molecule has 0 radical (unpaired) electrons. The van der Waals surface area contributed by atoms with Crippen LogP contribution in [0.2, 0.25) is 0 Å². The van der Waals surface area contributed by atoms with Crippen LogP contribution in [0.15, 0.2) is 47.4 Å². The van der Waals surface area contributed by atoms with Gasteiger partial charge in [0.15, 0.2) is 11.1 Å². The highest BCUT2D eigenvalue weighted by atomic mass is 35.5. The van der Waals surface area contributed by atoms with Crippen LogP contribution in [-0.2, 0) is 23.4 Å². The number of carbonyl (C=O) groups is 1. The zero-order valence-electron chi connectivity index (χ0n) is 21.9. The first-order chi connectivity index (χ1) is 18.4. The molecule has 2 heterocycles. The number of nitrogens with two attached hydrogens (primary N) is 1. The Bertz CT molecular complexity index is 1310. The summed E-state index contributed by atoms with van der Waals surface area (Å²) in [6.07, 6.45) is -1.24. The number of anilines is 1. The van der Waals surface area contributed by atoms with E-state index in [0.29, 0.717) is 0 Å². The van der Waals surface area contributed by atoms with Crippen molar-refractivity contribution in [2.45, 2.75) is 57.0 Å². The number of benzene rings is 1. The summed E-state index contributed by atoms with van der Waals surface area (Å²) in [5.41, 5.74) is 4.87. The number of para-hydroxylation sites is 1. The van der Waals surface area contributed by atoms with Crippen molar-refractivity contribution in [1.29, 1.82) is 0 Å². The summed E-state index contributed by atoms with van der Waals surface area (Å²) in [6.45, 7) is 5.45. The van der Waals surface area contributed by atoms with Crippen molar-refractivity contribution in [3.8, 4) is 17.6 Å². The van der Waals surface area contributed by atoms with Gasteiger partial charge in [0.05, 0.1) is 25.4 Å². The lowest BCUT2D eigenvalue weighted by Gasteiger charge is -2.28. The van der Waals surface area contributed by atoms with Gasteiger partial charge < -0.3 is 24.8 Å². The largest absolute Gasteiger partial charge is 0.462 e. The fourth-order valence-electron chi connectivity index (χ4n) is 3.94. The van der Waals surface area contributed by atoms with Gasteiger partial charge in [0.1, 0.15) is 17.6 Å². The number of hydrogen-bond donors (Lipinski definition) is 3. The van der Waals surface area contributed by atoms with Gasteiger partial charge in [0, 0.05) is 12.1 Å². The number of aromatic nitrogens is 2. The average Bonchev–Trinajstić information content (AvgIpc) is 3.14. The number of hydrogen-bond acceptors (Lipinski definition) is 10. The number of esters is 1.